The Balaban J connectivity index is 4.74. The highest BCUT2D eigenvalue weighted by Crippen LogP contribution is 2.15. The molecule has 0 atom stereocenters. The van der Waals surface area contributed by atoms with Crippen molar-refractivity contribution in [1.82, 2.24) is 19.6 Å². The van der Waals surface area contributed by atoms with Gasteiger partial charge in [-0.05, 0) is 34.9 Å². The van der Waals surface area contributed by atoms with Crippen LogP contribution in [0.2, 0.25) is 0 Å². The lowest BCUT2D eigenvalue weighted by molar-refractivity contribution is -0.0257. The first kappa shape index (κ1) is 15.1. The van der Waals surface area contributed by atoms with Crippen molar-refractivity contribution < 1.29 is 0 Å². The molecule has 4 nitrogen and oxygen atoms in total. The van der Waals surface area contributed by atoms with Crippen molar-refractivity contribution in [3.05, 3.63) is 0 Å². The first-order valence-corrected chi connectivity index (χ1v) is 7.48. The Kier molecular flexibility index (Phi) is 6.62. The van der Waals surface area contributed by atoms with Gasteiger partial charge in [-0.15, -0.1) is 0 Å². The maximum atomic E-state index is 3.40. The zero-order valence-corrected chi connectivity index (χ0v) is 12.5. The molecule has 0 heterocycles. The molecule has 0 fully saturated rings. The van der Waals surface area contributed by atoms with Gasteiger partial charge in [0.25, 0.3) is 9.28 Å². The Morgan fingerprint density at radius 1 is 1.00 bits per heavy atom. The van der Waals surface area contributed by atoms with Gasteiger partial charge in [0.15, 0.2) is 0 Å². The molecule has 0 aromatic carbocycles. The summed E-state index contributed by atoms with van der Waals surface area (Å²) in [5, 5.41) is 2.44. The van der Waals surface area contributed by atoms with E-state index in [4.69, 9.17) is 0 Å². The molecule has 0 amide bonds. The van der Waals surface area contributed by atoms with E-state index in [1.165, 1.54) is 0 Å². The fourth-order valence-corrected chi connectivity index (χ4v) is 4.01. The first-order chi connectivity index (χ1) is 6.92. The molecule has 0 aliphatic heterocycles. The molecule has 2 N–H and O–H groups in total. The summed E-state index contributed by atoms with van der Waals surface area (Å²) in [7, 11) is 2.85. The van der Waals surface area contributed by atoms with E-state index in [0.29, 0.717) is 0 Å². The summed E-state index contributed by atoms with van der Waals surface area (Å²) in [6, 6.07) is 0. The van der Waals surface area contributed by atoms with Crippen LogP contribution in [0, 0.1) is 0 Å². The van der Waals surface area contributed by atoms with E-state index < -0.39 is 9.28 Å². The fourth-order valence-electron chi connectivity index (χ4n) is 1.98. The molecule has 0 spiro atoms. The highest BCUT2D eigenvalue weighted by atomic mass is 28.3. The second-order valence-electron chi connectivity index (χ2n) is 4.62. The molecule has 0 saturated heterocycles. The second kappa shape index (κ2) is 6.60. The fraction of sp³-hybridized carbons (Fsp3) is 1.00. The van der Waals surface area contributed by atoms with Gasteiger partial charge in [0.1, 0.15) is 0 Å². The number of hydrazine groups is 1. The predicted molar refractivity (Wildman–Crippen MR) is 69.8 cm³/mol. The molecule has 0 radical (unpaired) electrons. The molecule has 0 aliphatic carbocycles. The van der Waals surface area contributed by atoms with Crippen LogP contribution in [0.1, 0.15) is 34.6 Å². The molecule has 0 aromatic rings. The van der Waals surface area contributed by atoms with Gasteiger partial charge >= 0.3 is 0 Å². The maximum absolute atomic E-state index is 3.40. The monoisotopic (exact) mass is 232 g/mol. The first-order valence-electron chi connectivity index (χ1n) is 5.81. The minimum Gasteiger partial charge on any atom is -0.318 e. The molecule has 0 saturated carbocycles. The van der Waals surface area contributed by atoms with Gasteiger partial charge in [0, 0.05) is 18.6 Å². The number of hydrogen-bond donors (Lipinski definition) is 2. The summed E-state index contributed by atoms with van der Waals surface area (Å²) in [6.45, 7) is 13.3. The lowest BCUT2D eigenvalue weighted by atomic mass is 10.1. The lowest BCUT2D eigenvalue weighted by Gasteiger charge is -2.45. The smallest absolute Gasteiger partial charge is 0.280 e. The average Bonchev–Trinajstić information content (AvgIpc) is 2.16. The van der Waals surface area contributed by atoms with Crippen LogP contribution in [-0.4, -0.2) is 51.7 Å². The van der Waals surface area contributed by atoms with E-state index in [9.17, 15) is 0 Å². The third kappa shape index (κ3) is 4.20. The quantitative estimate of drug-likeness (QED) is 0.516. The highest BCUT2D eigenvalue weighted by molar-refractivity contribution is 6.49. The van der Waals surface area contributed by atoms with Gasteiger partial charge in [-0.1, -0.05) is 13.8 Å². The Hall–Kier alpha value is 0.0569. The number of hydrogen-bond acceptors (Lipinski definition) is 4. The summed E-state index contributed by atoms with van der Waals surface area (Å²) in [5.74, 6) is 0. The van der Waals surface area contributed by atoms with E-state index in [-0.39, 0.29) is 5.54 Å². The normalized spacial score (nSPS) is 13.2. The molecule has 0 aromatic heterocycles. The summed E-state index contributed by atoms with van der Waals surface area (Å²) >= 11 is 0. The molecule has 0 rings (SSSR count). The summed E-state index contributed by atoms with van der Waals surface area (Å²) < 4.78 is 2.46. The number of nitrogens with one attached hydrogen (secondary N) is 2. The SMILES string of the molecule is CCN(N(CC)C(C)(C)C)[SiH](NC)NC. The molecule has 0 aliphatic rings. The van der Waals surface area contributed by atoms with Gasteiger partial charge in [-0.25, -0.2) is 9.68 Å². The van der Waals surface area contributed by atoms with Crippen molar-refractivity contribution in [3.8, 4) is 0 Å². The van der Waals surface area contributed by atoms with Crippen LogP contribution in [0.15, 0.2) is 0 Å². The Morgan fingerprint density at radius 3 is 1.67 bits per heavy atom. The molecule has 0 bridgehead atoms. The van der Waals surface area contributed by atoms with Crippen LogP contribution in [0.25, 0.3) is 0 Å². The van der Waals surface area contributed by atoms with Crippen LogP contribution >= 0.6 is 0 Å². The van der Waals surface area contributed by atoms with Crippen LogP contribution in [-0.2, 0) is 0 Å². The van der Waals surface area contributed by atoms with Gasteiger partial charge in [0.05, 0.1) is 0 Å². The summed E-state index contributed by atoms with van der Waals surface area (Å²) in [6.07, 6.45) is 0. The van der Waals surface area contributed by atoms with Gasteiger partial charge in [-0.2, -0.15) is 0 Å². The average molecular weight is 232 g/mol. The second-order valence-corrected chi connectivity index (χ2v) is 7.18. The molecule has 92 valence electrons. The third-order valence-corrected chi connectivity index (χ3v) is 4.89. The maximum Gasteiger partial charge on any atom is 0.280 e. The van der Waals surface area contributed by atoms with Crippen molar-refractivity contribution in [1.29, 1.82) is 0 Å². The van der Waals surface area contributed by atoms with Crippen molar-refractivity contribution in [2.45, 2.75) is 40.2 Å². The van der Waals surface area contributed by atoms with Crippen molar-refractivity contribution in [3.63, 3.8) is 0 Å². The van der Waals surface area contributed by atoms with Crippen LogP contribution in [0.4, 0.5) is 0 Å². The van der Waals surface area contributed by atoms with Crippen molar-refractivity contribution in [2.75, 3.05) is 27.2 Å². The van der Waals surface area contributed by atoms with Crippen molar-refractivity contribution >= 4 is 9.28 Å². The van der Waals surface area contributed by atoms with Crippen molar-refractivity contribution in [2.24, 2.45) is 0 Å². The van der Waals surface area contributed by atoms with Gasteiger partial charge in [0.2, 0.25) is 0 Å². The zero-order chi connectivity index (χ0) is 12.1. The minimum atomic E-state index is -1.22. The highest BCUT2D eigenvalue weighted by Gasteiger charge is 2.29. The summed E-state index contributed by atoms with van der Waals surface area (Å²) in [4.78, 5) is 6.80. The van der Waals surface area contributed by atoms with Crippen LogP contribution in [0.3, 0.4) is 0 Å². The third-order valence-electron chi connectivity index (χ3n) is 2.55. The summed E-state index contributed by atoms with van der Waals surface area (Å²) in [5.41, 5.74) is 0.184. The topological polar surface area (TPSA) is 30.5 Å². The van der Waals surface area contributed by atoms with E-state index in [1.807, 2.05) is 14.1 Å². The van der Waals surface area contributed by atoms with E-state index in [1.54, 1.807) is 0 Å². The van der Waals surface area contributed by atoms with E-state index in [0.717, 1.165) is 13.1 Å². The van der Waals surface area contributed by atoms with E-state index in [2.05, 4.69) is 54.3 Å². The molecular weight excluding hydrogens is 204 g/mol. The van der Waals surface area contributed by atoms with Crippen LogP contribution in [0.5, 0.6) is 0 Å². The standard InChI is InChI=1S/C10H28N4Si/c1-8-13(10(3,4)5)14(9-2)15(11-6)12-7/h11-12,15H,8-9H2,1-7H3. The lowest BCUT2D eigenvalue weighted by Crippen LogP contribution is -2.66. The number of nitrogens with zero attached hydrogens (tertiary/aromatic N) is 2. The largest absolute Gasteiger partial charge is 0.318 e. The molecular formula is C10H28N4Si. The predicted octanol–water partition coefficient (Wildman–Crippen LogP) is 0.500. The zero-order valence-electron chi connectivity index (χ0n) is 11.4. The number of rotatable bonds is 6. The molecule has 15 heavy (non-hydrogen) atoms. The Morgan fingerprint density at radius 2 is 1.47 bits per heavy atom. The minimum absolute atomic E-state index is 0.184. The Bertz CT molecular complexity index is 165. The van der Waals surface area contributed by atoms with Gasteiger partial charge < -0.3 is 9.96 Å². The Labute approximate surface area is 96.8 Å². The van der Waals surface area contributed by atoms with Crippen LogP contribution < -0.4 is 9.96 Å². The molecule has 5 heteroatoms. The van der Waals surface area contributed by atoms with Gasteiger partial charge in [-0.3, -0.25) is 0 Å². The van der Waals surface area contributed by atoms with E-state index >= 15 is 0 Å². The molecule has 0 unspecified atom stereocenters.